The van der Waals surface area contributed by atoms with Crippen molar-refractivity contribution in [2.45, 2.75) is 0 Å². The first kappa shape index (κ1) is 14.5. The monoisotopic (exact) mass is 298 g/mol. The van der Waals surface area contributed by atoms with Crippen molar-refractivity contribution in [3.05, 3.63) is 57.8 Å². The number of hydrogen-bond acceptors (Lipinski definition) is 4. The second kappa shape index (κ2) is 6.50. The topological polar surface area (TPSA) is 90.2 Å². The van der Waals surface area contributed by atoms with Crippen molar-refractivity contribution >= 4 is 35.0 Å². The summed E-state index contributed by atoms with van der Waals surface area (Å²) >= 11 is 1.26. The molecule has 2 N–H and O–H groups in total. The molecule has 2 aromatic rings. The number of carbonyl (C=O) groups excluding carboxylic acids is 1. The van der Waals surface area contributed by atoms with Gasteiger partial charge in [-0.1, -0.05) is 12.1 Å². The van der Waals surface area contributed by atoms with Gasteiger partial charge >= 0.3 is 5.97 Å². The van der Waals surface area contributed by atoms with Crippen LogP contribution in [0.2, 0.25) is 0 Å². The van der Waals surface area contributed by atoms with Crippen molar-refractivity contribution in [1.82, 2.24) is 0 Å². The Balaban J connectivity index is 2.14. The number of nitriles is 1. The summed E-state index contributed by atoms with van der Waals surface area (Å²) in [6, 6.07) is 10.3. The molecule has 104 valence electrons. The van der Waals surface area contributed by atoms with Crippen LogP contribution in [0.15, 0.2) is 41.8 Å². The Hall–Kier alpha value is -2.91. The Morgan fingerprint density at radius 1 is 1.33 bits per heavy atom. The predicted molar refractivity (Wildman–Crippen MR) is 80.1 cm³/mol. The molecule has 0 spiro atoms. The van der Waals surface area contributed by atoms with Crippen molar-refractivity contribution in [1.29, 1.82) is 5.26 Å². The van der Waals surface area contributed by atoms with Crippen LogP contribution in [0, 0.1) is 11.3 Å². The van der Waals surface area contributed by atoms with Gasteiger partial charge in [-0.15, -0.1) is 11.3 Å². The van der Waals surface area contributed by atoms with Gasteiger partial charge in [-0.05, 0) is 24.3 Å². The number of anilines is 1. The van der Waals surface area contributed by atoms with E-state index in [9.17, 15) is 9.59 Å². The van der Waals surface area contributed by atoms with Crippen LogP contribution < -0.4 is 5.32 Å². The molecule has 1 heterocycles. The zero-order valence-electron chi connectivity index (χ0n) is 10.7. The van der Waals surface area contributed by atoms with Crippen molar-refractivity contribution in [3.63, 3.8) is 0 Å². The lowest BCUT2D eigenvalue weighted by Gasteiger charge is -2.04. The number of nitrogens with one attached hydrogen (secondary N) is 1. The standard InChI is InChI=1S/C15H10N2O3S/c16-8-10-3-1-2-4-13(10)17-15(20)11-7-12(21-9-11)5-6-14(18)19/h1-7,9H,(H,17,20)(H,18,19). The molecule has 21 heavy (non-hydrogen) atoms. The number of hydrogen-bond donors (Lipinski definition) is 2. The fraction of sp³-hybridized carbons (Fsp3) is 0. The molecule has 0 radical (unpaired) electrons. The maximum absolute atomic E-state index is 12.1. The van der Waals surface area contributed by atoms with E-state index in [1.807, 2.05) is 6.07 Å². The minimum atomic E-state index is -1.04. The first-order chi connectivity index (χ1) is 10.1. The summed E-state index contributed by atoms with van der Waals surface area (Å²) in [5.41, 5.74) is 1.24. The number of carbonyl (C=O) groups is 2. The highest BCUT2D eigenvalue weighted by Gasteiger charge is 2.10. The summed E-state index contributed by atoms with van der Waals surface area (Å²) < 4.78 is 0. The van der Waals surface area contributed by atoms with Gasteiger partial charge in [0, 0.05) is 16.3 Å². The molecule has 0 bridgehead atoms. The molecule has 6 heteroatoms. The lowest BCUT2D eigenvalue weighted by molar-refractivity contribution is -0.131. The van der Waals surface area contributed by atoms with Gasteiger partial charge in [-0.3, -0.25) is 4.79 Å². The second-order valence-electron chi connectivity index (χ2n) is 4.02. The molecule has 1 amide bonds. The highest BCUT2D eigenvalue weighted by atomic mass is 32.1. The Bertz CT molecular complexity index is 756. The molecule has 2 rings (SSSR count). The van der Waals surface area contributed by atoms with Crippen LogP contribution in [-0.4, -0.2) is 17.0 Å². The van der Waals surface area contributed by atoms with Gasteiger partial charge in [0.1, 0.15) is 6.07 Å². The molecule has 0 atom stereocenters. The third-order valence-corrected chi connectivity index (χ3v) is 3.47. The molecule has 1 aromatic carbocycles. The van der Waals surface area contributed by atoms with E-state index >= 15 is 0 Å². The van der Waals surface area contributed by atoms with E-state index in [1.165, 1.54) is 17.4 Å². The van der Waals surface area contributed by atoms with E-state index in [0.717, 1.165) is 6.08 Å². The minimum Gasteiger partial charge on any atom is -0.478 e. The van der Waals surface area contributed by atoms with Crippen molar-refractivity contribution < 1.29 is 14.7 Å². The third-order valence-electron chi connectivity index (χ3n) is 2.57. The third kappa shape index (κ3) is 3.78. The normalized spacial score (nSPS) is 10.2. The van der Waals surface area contributed by atoms with E-state index in [1.54, 1.807) is 35.7 Å². The number of rotatable bonds is 4. The summed E-state index contributed by atoms with van der Waals surface area (Å²) in [6.45, 7) is 0. The molecule has 0 aliphatic rings. The predicted octanol–water partition coefficient (Wildman–Crippen LogP) is 2.97. The van der Waals surface area contributed by atoms with Crippen LogP contribution in [0.5, 0.6) is 0 Å². The molecular formula is C15H10N2O3S. The Morgan fingerprint density at radius 2 is 2.10 bits per heavy atom. The van der Waals surface area contributed by atoms with Gasteiger partial charge in [0.05, 0.1) is 16.8 Å². The summed E-state index contributed by atoms with van der Waals surface area (Å²) in [6.07, 6.45) is 2.44. The molecule has 0 aliphatic heterocycles. The molecule has 1 aromatic heterocycles. The first-order valence-corrected chi connectivity index (χ1v) is 6.78. The van der Waals surface area contributed by atoms with Gasteiger partial charge < -0.3 is 10.4 Å². The molecular weight excluding hydrogens is 288 g/mol. The Kier molecular flexibility index (Phi) is 4.49. The Morgan fingerprint density at radius 3 is 2.81 bits per heavy atom. The van der Waals surface area contributed by atoms with Gasteiger partial charge in [-0.2, -0.15) is 5.26 Å². The molecule has 0 aliphatic carbocycles. The van der Waals surface area contributed by atoms with E-state index in [-0.39, 0.29) is 5.91 Å². The highest BCUT2D eigenvalue weighted by molar-refractivity contribution is 7.11. The average Bonchev–Trinajstić information content (AvgIpc) is 2.94. The van der Waals surface area contributed by atoms with Crippen molar-refractivity contribution in [2.75, 3.05) is 5.32 Å². The zero-order chi connectivity index (χ0) is 15.2. The van der Waals surface area contributed by atoms with Gasteiger partial charge in [0.2, 0.25) is 0 Å². The van der Waals surface area contributed by atoms with Crippen LogP contribution >= 0.6 is 11.3 Å². The number of aliphatic carboxylic acids is 1. The molecule has 0 unspecified atom stereocenters. The number of nitrogens with zero attached hydrogens (tertiary/aromatic N) is 1. The van der Waals surface area contributed by atoms with Crippen LogP contribution in [0.1, 0.15) is 20.8 Å². The smallest absolute Gasteiger partial charge is 0.328 e. The van der Waals surface area contributed by atoms with E-state index in [4.69, 9.17) is 10.4 Å². The molecule has 0 fully saturated rings. The fourth-order valence-corrected chi connectivity index (χ4v) is 2.38. The number of amides is 1. The van der Waals surface area contributed by atoms with Crippen molar-refractivity contribution in [3.8, 4) is 6.07 Å². The lowest BCUT2D eigenvalue weighted by atomic mass is 10.2. The molecule has 0 saturated carbocycles. The Labute approximate surface area is 124 Å². The quantitative estimate of drug-likeness (QED) is 0.849. The highest BCUT2D eigenvalue weighted by Crippen LogP contribution is 2.19. The van der Waals surface area contributed by atoms with Crippen LogP contribution in [0.25, 0.3) is 6.08 Å². The SMILES string of the molecule is N#Cc1ccccc1NC(=O)c1csc(C=CC(=O)O)c1. The number of para-hydroxylation sites is 1. The maximum atomic E-state index is 12.1. The average molecular weight is 298 g/mol. The first-order valence-electron chi connectivity index (χ1n) is 5.90. The van der Waals surface area contributed by atoms with Gasteiger partial charge in [0.15, 0.2) is 0 Å². The maximum Gasteiger partial charge on any atom is 0.328 e. The van der Waals surface area contributed by atoms with Crippen molar-refractivity contribution in [2.24, 2.45) is 0 Å². The number of thiophene rings is 1. The summed E-state index contributed by atoms with van der Waals surface area (Å²) in [5.74, 6) is -1.39. The van der Waals surface area contributed by atoms with E-state index in [2.05, 4.69) is 5.32 Å². The second-order valence-corrected chi connectivity index (χ2v) is 4.96. The molecule has 0 saturated heterocycles. The summed E-state index contributed by atoms with van der Waals surface area (Å²) in [5, 5.41) is 21.8. The van der Waals surface area contributed by atoms with E-state index < -0.39 is 5.97 Å². The van der Waals surface area contributed by atoms with Crippen LogP contribution in [0.4, 0.5) is 5.69 Å². The summed E-state index contributed by atoms with van der Waals surface area (Å²) in [4.78, 5) is 23.2. The number of carboxylic acid groups (broad SMARTS) is 1. The van der Waals surface area contributed by atoms with Crippen LogP contribution in [0.3, 0.4) is 0 Å². The minimum absolute atomic E-state index is 0.344. The number of carboxylic acids is 1. The largest absolute Gasteiger partial charge is 0.478 e. The van der Waals surface area contributed by atoms with Gasteiger partial charge in [-0.25, -0.2) is 4.79 Å². The van der Waals surface area contributed by atoms with Crippen LogP contribution in [-0.2, 0) is 4.79 Å². The zero-order valence-corrected chi connectivity index (χ0v) is 11.6. The number of benzene rings is 1. The van der Waals surface area contributed by atoms with Gasteiger partial charge in [0.25, 0.3) is 5.91 Å². The lowest BCUT2D eigenvalue weighted by Crippen LogP contribution is -2.11. The van der Waals surface area contributed by atoms with E-state index in [0.29, 0.717) is 21.7 Å². The fourth-order valence-electron chi connectivity index (χ4n) is 1.60. The molecule has 5 nitrogen and oxygen atoms in total. The summed E-state index contributed by atoms with van der Waals surface area (Å²) in [7, 11) is 0.